The highest BCUT2D eigenvalue weighted by Crippen LogP contribution is 2.43. The van der Waals surface area contributed by atoms with Crippen LogP contribution in [0.1, 0.15) is 70.0 Å². The lowest BCUT2D eigenvalue weighted by Gasteiger charge is -2.41. The van der Waals surface area contributed by atoms with Crippen LogP contribution in [-0.2, 0) is 4.74 Å². The van der Waals surface area contributed by atoms with E-state index in [1.165, 1.54) is 0 Å². The molecule has 0 bridgehead atoms. The van der Waals surface area contributed by atoms with E-state index in [0.717, 1.165) is 24.9 Å². The molecule has 5 nitrogen and oxygen atoms in total. The topological polar surface area (TPSA) is 50.8 Å². The van der Waals surface area contributed by atoms with Crippen molar-refractivity contribution in [2.45, 2.75) is 83.3 Å². The number of likely N-dealkylation sites (tertiary alicyclic amines) is 1. The number of nitrogens with one attached hydrogen (secondary N) is 1. The molecule has 1 N–H and O–H groups in total. The second-order valence-corrected chi connectivity index (χ2v) is 9.25. The Balaban J connectivity index is 1.67. The van der Waals surface area contributed by atoms with Crippen molar-refractivity contribution in [3.63, 3.8) is 0 Å². The summed E-state index contributed by atoms with van der Waals surface area (Å²) >= 11 is 0. The molecule has 8 heteroatoms. The third-order valence-electron chi connectivity index (χ3n) is 5.72. The molecular formula is C22H31F3N2O3. The van der Waals surface area contributed by atoms with E-state index >= 15 is 0 Å². The second kappa shape index (κ2) is 9.04. The SMILES string of the molecule is C[C@H](NC(=O)OC(C)(C)C)c1ccc(C2CC(N3CC[C@@H](F)C3)C2)cc1OC(F)F. The molecule has 1 aromatic carbocycles. The van der Waals surface area contributed by atoms with Crippen LogP contribution >= 0.6 is 0 Å². The highest BCUT2D eigenvalue weighted by atomic mass is 19.3. The Morgan fingerprint density at radius 1 is 1.27 bits per heavy atom. The molecule has 1 saturated heterocycles. The molecule has 2 atom stereocenters. The van der Waals surface area contributed by atoms with Gasteiger partial charge in [0, 0.05) is 24.7 Å². The van der Waals surface area contributed by atoms with Gasteiger partial charge in [0.2, 0.25) is 0 Å². The minimum Gasteiger partial charge on any atom is -0.444 e. The maximum atomic E-state index is 13.4. The summed E-state index contributed by atoms with van der Waals surface area (Å²) in [6.07, 6.45) is 0.983. The molecule has 1 amide bonds. The second-order valence-electron chi connectivity index (χ2n) is 9.25. The fourth-order valence-electron chi connectivity index (χ4n) is 4.16. The van der Waals surface area contributed by atoms with Crippen LogP contribution in [0.15, 0.2) is 18.2 Å². The number of ether oxygens (including phenoxy) is 2. The number of benzene rings is 1. The standard InChI is InChI=1S/C22H31F3N2O3/c1-13(26-21(28)30-22(2,3)4)18-6-5-14(11-19(18)29-20(24)25)15-9-17(10-15)27-8-7-16(23)12-27/h5-6,11,13,15-17,20H,7-10,12H2,1-4H3,(H,26,28)/t13-,15?,16+,17?/m0/s1. The fraction of sp³-hybridized carbons (Fsp3) is 0.682. The van der Waals surface area contributed by atoms with Gasteiger partial charge in [-0.15, -0.1) is 0 Å². The van der Waals surface area contributed by atoms with Gasteiger partial charge in [-0.05, 0) is 64.5 Å². The van der Waals surface area contributed by atoms with Gasteiger partial charge in [0.05, 0.1) is 6.04 Å². The molecule has 168 valence electrons. The Morgan fingerprint density at radius 3 is 2.53 bits per heavy atom. The van der Waals surface area contributed by atoms with Crippen LogP contribution in [0.25, 0.3) is 0 Å². The third-order valence-corrected chi connectivity index (χ3v) is 5.72. The first-order chi connectivity index (χ1) is 14.0. The predicted molar refractivity (Wildman–Crippen MR) is 108 cm³/mol. The molecule has 1 aliphatic heterocycles. The van der Waals surface area contributed by atoms with Gasteiger partial charge in [-0.1, -0.05) is 12.1 Å². The van der Waals surface area contributed by atoms with Crippen LogP contribution in [0.2, 0.25) is 0 Å². The molecule has 2 fully saturated rings. The van der Waals surface area contributed by atoms with Crippen LogP contribution in [0.5, 0.6) is 5.75 Å². The Bertz CT molecular complexity index is 748. The lowest BCUT2D eigenvalue weighted by atomic mass is 9.75. The van der Waals surface area contributed by atoms with Gasteiger partial charge in [-0.2, -0.15) is 8.78 Å². The number of alkyl halides is 3. The average Bonchev–Trinajstić information content (AvgIpc) is 2.97. The average molecular weight is 428 g/mol. The van der Waals surface area contributed by atoms with Crippen LogP contribution in [0.3, 0.4) is 0 Å². The van der Waals surface area contributed by atoms with Gasteiger partial charge >= 0.3 is 12.7 Å². The number of hydrogen-bond acceptors (Lipinski definition) is 4. The molecule has 1 aliphatic carbocycles. The first-order valence-corrected chi connectivity index (χ1v) is 10.5. The number of halogens is 3. The minimum absolute atomic E-state index is 0.0551. The first-order valence-electron chi connectivity index (χ1n) is 10.5. The molecule has 0 spiro atoms. The number of carbonyl (C=O) groups excluding carboxylic acids is 1. The van der Waals surface area contributed by atoms with E-state index in [9.17, 15) is 18.0 Å². The van der Waals surface area contributed by atoms with Gasteiger partial charge in [0.15, 0.2) is 0 Å². The van der Waals surface area contributed by atoms with Crippen LogP contribution in [0, 0.1) is 0 Å². The zero-order valence-electron chi connectivity index (χ0n) is 18.0. The van der Waals surface area contributed by atoms with Gasteiger partial charge < -0.3 is 14.8 Å². The molecule has 2 aliphatic rings. The number of amides is 1. The number of hydrogen-bond donors (Lipinski definition) is 1. The van der Waals surface area contributed by atoms with Crippen molar-refractivity contribution in [3.8, 4) is 5.75 Å². The van der Waals surface area contributed by atoms with Crippen LogP contribution < -0.4 is 10.1 Å². The summed E-state index contributed by atoms with van der Waals surface area (Å²) in [6, 6.07) is 5.03. The fourth-order valence-corrected chi connectivity index (χ4v) is 4.16. The Labute approximate surface area is 175 Å². The van der Waals surface area contributed by atoms with E-state index < -0.39 is 30.5 Å². The predicted octanol–water partition coefficient (Wildman–Crippen LogP) is 5.16. The maximum Gasteiger partial charge on any atom is 0.408 e. The summed E-state index contributed by atoms with van der Waals surface area (Å²) in [7, 11) is 0. The molecule has 0 unspecified atom stereocenters. The van der Waals surface area contributed by atoms with E-state index in [0.29, 0.717) is 24.6 Å². The molecule has 1 heterocycles. The summed E-state index contributed by atoms with van der Waals surface area (Å²) in [4.78, 5) is 14.2. The van der Waals surface area contributed by atoms with Gasteiger partial charge in [0.25, 0.3) is 0 Å². The third kappa shape index (κ3) is 5.80. The summed E-state index contributed by atoms with van der Waals surface area (Å²) in [5.74, 6) is 0.288. The van der Waals surface area contributed by atoms with Crippen molar-refractivity contribution in [3.05, 3.63) is 29.3 Å². The van der Waals surface area contributed by atoms with E-state index in [4.69, 9.17) is 9.47 Å². The van der Waals surface area contributed by atoms with Crippen LogP contribution in [0.4, 0.5) is 18.0 Å². The van der Waals surface area contributed by atoms with Crippen molar-refractivity contribution in [1.82, 2.24) is 10.2 Å². The van der Waals surface area contributed by atoms with Crippen molar-refractivity contribution < 1.29 is 27.4 Å². The molecule has 0 radical (unpaired) electrons. The van der Waals surface area contributed by atoms with Gasteiger partial charge in [-0.3, -0.25) is 4.90 Å². The van der Waals surface area contributed by atoms with E-state index in [1.54, 1.807) is 39.8 Å². The normalized spacial score (nSPS) is 25.7. The summed E-state index contributed by atoms with van der Waals surface area (Å²) in [5.41, 5.74) is 0.723. The van der Waals surface area contributed by atoms with Crippen LogP contribution in [-0.4, -0.2) is 48.5 Å². The zero-order valence-corrected chi connectivity index (χ0v) is 18.0. The molecule has 3 rings (SSSR count). The number of nitrogens with zero attached hydrogens (tertiary/aromatic N) is 1. The lowest BCUT2D eigenvalue weighted by Crippen LogP contribution is -2.42. The van der Waals surface area contributed by atoms with E-state index in [-0.39, 0.29) is 11.7 Å². The minimum atomic E-state index is -2.96. The first kappa shape index (κ1) is 22.7. The summed E-state index contributed by atoms with van der Waals surface area (Å²) < 4.78 is 49.4. The molecular weight excluding hydrogens is 397 g/mol. The summed E-state index contributed by atoms with van der Waals surface area (Å²) in [5, 5.41) is 2.66. The Morgan fingerprint density at radius 2 is 1.97 bits per heavy atom. The summed E-state index contributed by atoms with van der Waals surface area (Å²) in [6.45, 7) is 5.25. The van der Waals surface area contributed by atoms with E-state index in [2.05, 4.69) is 10.2 Å². The van der Waals surface area contributed by atoms with Crippen molar-refractivity contribution in [1.29, 1.82) is 0 Å². The Kier molecular flexibility index (Phi) is 6.84. The van der Waals surface area contributed by atoms with Crippen molar-refractivity contribution in [2.75, 3.05) is 13.1 Å². The van der Waals surface area contributed by atoms with Crippen molar-refractivity contribution in [2.24, 2.45) is 0 Å². The molecule has 0 aromatic heterocycles. The van der Waals surface area contributed by atoms with E-state index in [1.807, 2.05) is 6.07 Å². The number of alkyl carbamates (subject to hydrolysis) is 1. The molecule has 1 aromatic rings. The van der Waals surface area contributed by atoms with Gasteiger partial charge in [-0.25, -0.2) is 9.18 Å². The number of rotatable bonds is 6. The zero-order chi connectivity index (χ0) is 22.1. The maximum absolute atomic E-state index is 13.4. The monoisotopic (exact) mass is 428 g/mol. The quantitative estimate of drug-likeness (QED) is 0.680. The largest absolute Gasteiger partial charge is 0.444 e. The highest BCUT2D eigenvalue weighted by molar-refractivity contribution is 5.68. The highest BCUT2D eigenvalue weighted by Gasteiger charge is 2.38. The lowest BCUT2D eigenvalue weighted by molar-refractivity contribution is -0.0507. The molecule has 30 heavy (non-hydrogen) atoms. The Hall–Kier alpha value is -1.96. The molecule has 1 saturated carbocycles. The van der Waals surface area contributed by atoms with Crippen molar-refractivity contribution >= 4 is 6.09 Å². The smallest absolute Gasteiger partial charge is 0.408 e. The van der Waals surface area contributed by atoms with Gasteiger partial charge in [0.1, 0.15) is 17.5 Å². The number of carbonyl (C=O) groups is 1.